The number of anilines is 1. The van der Waals surface area contributed by atoms with Crippen molar-refractivity contribution in [2.75, 3.05) is 11.9 Å². The molecule has 0 saturated carbocycles. The Kier molecular flexibility index (Phi) is 6.75. The molecule has 2 rings (SSSR count). The molecule has 0 fully saturated rings. The van der Waals surface area contributed by atoms with E-state index in [-0.39, 0.29) is 17.6 Å². The summed E-state index contributed by atoms with van der Waals surface area (Å²) in [5.74, 6) is 0.841. The number of nitrogens with one attached hydrogen (secondary N) is 2. The molecule has 5 heteroatoms. The first-order chi connectivity index (χ1) is 12.3. The predicted octanol–water partition coefficient (Wildman–Crippen LogP) is 4.63. The number of carbonyl (C=O) groups is 1. The number of aryl methyl sites for hydroxylation is 3. The van der Waals surface area contributed by atoms with Crippen LogP contribution in [0, 0.1) is 20.8 Å². The Labute approximate surface area is 161 Å². The van der Waals surface area contributed by atoms with Crippen LogP contribution in [0.2, 0.25) is 0 Å². The van der Waals surface area contributed by atoms with Gasteiger partial charge < -0.3 is 10.1 Å². The van der Waals surface area contributed by atoms with E-state index in [1.54, 1.807) is 0 Å². The van der Waals surface area contributed by atoms with Gasteiger partial charge in [0.25, 0.3) is 5.91 Å². The fourth-order valence-electron chi connectivity index (χ4n) is 2.68. The van der Waals surface area contributed by atoms with Crippen molar-refractivity contribution in [3.63, 3.8) is 0 Å². The molecule has 0 aliphatic rings. The van der Waals surface area contributed by atoms with E-state index >= 15 is 0 Å². The summed E-state index contributed by atoms with van der Waals surface area (Å²) in [6.07, 6.45) is 0. The average molecular weight is 371 g/mol. The van der Waals surface area contributed by atoms with Gasteiger partial charge in [-0.25, -0.2) is 0 Å². The van der Waals surface area contributed by atoms with Gasteiger partial charge in [-0.2, -0.15) is 0 Å². The lowest BCUT2D eigenvalue weighted by molar-refractivity contribution is -0.121. The van der Waals surface area contributed by atoms with Gasteiger partial charge in [0.15, 0.2) is 11.7 Å². The third-order valence-corrected chi connectivity index (χ3v) is 4.46. The van der Waals surface area contributed by atoms with E-state index in [0.717, 1.165) is 16.8 Å². The first kappa shape index (κ1) is 19.9. The molecule has 0 unspecified atom stereocenters. The highest BCUT2D eigenvalue weighted by Gasteiger charge is 2.08. The Bertz CT molecular complexity index is 816. The maximum absolute atomic E-state index is 12.0. The molecule has 2 N–H and O–H groups in total. The van der Waals surface area contributed by atoms with E-state index in [9.17, 15) is 4.79 Å². The summed E-state index contributed by atoms with van der Waals surface area (Å²) in [5, 5.41) is 5.90. The largest absolute Gasteiger partial charge is 0.484 e. The average Bonchev–Trinajstić information content (AvgIpc) is 2.56. The molecule has 0 aliphatic heterocycles. The minimum atomic E-state index is -0.295. The van der Waals surface area contributed by atoms with Crippen LogP contribution < -0.4 is 15.4 Å². The summed E-state index contributed by atoms with van der Waals surface area (Å²) >= 11 is 5.19. The molecule has 0 atom stereocenters. The molecule has 0 radical (unpaired) electrons. The van der Waals surface area contributed by atoms with Crippen molar-refractivity contribution < 1.29 is 9.53 Å². The number of thiocarbonyl (C=S) groups is 1. The summed E-state index contributed by atoms with van der Waals surface area (Å²) < 4.78 is 5.57. The monoisotopic (exact) mass is 370 g/mol. The van der Waals surface area contributed by atoms with Gasteiger partial charge in [-0.3, -0.25) is 10.1 Å². The SMILES string of the molecule is Cc1ccc(NC(=S)NC(=O)COc2ccc(C(C)C)c(C)c2)cc1C. The van der Waals surface area contributed by atoms with Crippen molar-refractivity contribution in [3.05, 3.63) is 58.7 Å². The lowest BCUT2D eigenvalue weighted by atomic mass is 9.98. The van der Waals surface area contributed by atoms with Crippen LogP contribution >= 0.6 is 12.2 Å². The molecule has 2 aromatic rings. The molecule has 0 spiro atoms. The van der Waals surface area contributed by atoms with E-state index in [1.807, 2.05) is 57.2 Å². The van der Waals surface area contributed by atoms with E-state index < -0.39 is 0 Å². The first-order valence-corrected chi connectivity index (χ1v) is 9.08. The molecule has 0 aliphatic carbocycles. The van der Waals surface area contributed by atoms with E-state index in [0.29, 0.717) is 11.7 Å². The molecule has 1 amide bonds. The molecule has 0 heterocycles. The molecule has 0 saturated heterocycles. The third-order valence-electron chi connectivity index (χ3n) is 4.25. The molecule has 138 valence electrons. The van der Waals surface area contributed by atoms with Gasteiger partial charge in [0.2, 0.25) is 0 Å². The quantitative estimate of drug-likeness (QED) is 0.754. The molecule has 4 nitrogen and oxygen atoms in total. The Morgan fingerprint density at radius 2 is 1.77 bits per heavy atom. The molecule has 0 bridgehead atoms. The second kappa shape index (κ2) is 8.81. The minimum absolute atomic E-state index is 0.0881. The van der Waals surface area contributed by atoms with Crippen LogP contribution in [0.15, 0.2) is 36.4 Å². The van der Waals surface area contributed by atoms with Gasteiger partial charge in [-0.05, 0) is 85.4 Å². The standard InChI is InChI=1S/C21H26N2O2S/c1-13(2)19-9-8-18(11-16(19)5)25-12-20(24)23-21(26)22-17-7-6-14(3)15(4)10-17/h6-11,13H,12H2,1-5H3,(H2,22,23,24,26). The van der Waals surface area contributed by atoms with Gasteiger partial charge in [-0.15, -0.1) is 0 Å². The van der Waals surface area contributed by atoms with Crippen molar-refractivity contribution in [2.45, 2.75) is 40.5 Å². The van der Waals surface area contributed by atoms with Crippen LogP contribution in [0.3, 0.4) is 0 Å². The van der Waals surface area contributed by atoms with Crippen LogP contribution in [0.4, 0.5) is 5.69 Å². The molecule has 0 aromatic heterocycles. The van der Waals surface area contributed by atoms with Crippen LogP contribution in [-0.4, -0.2) is 17.6 Å². The summed E-state index contributed by atoms with van der Waals surface area (Å²) in [5.41, 5.74) is 5.65. The van der Waals surface area contributed by atoms with E-state index in [2.05, 4.69) is 24.5 Å². The second-order valence-corrected chi connectivity index (χ2v) is 7.17. The Morgan fingerprint density at radius 3 is 2.38 bits per heavy atom. The minimum Gasteiger partial charge on any atom is -0.484 e. The zero-order valence-electron chi connectivity index (χ0n) is 16.0. The number of carbonyl (C=O) groups excluding carboxylic acids is 1. The van der Waals surface area contributed by atoms with Crippen molar-refractivity contribution in [3.8, 4) is 5.75 Å². The van der Waals surface area contributed by atoms with E-state index in [4.69, 9.17) is 17.0 Å². The van der Waals surface area contributed by atoms with Crippen LogP contribution in [-0.2, 0) is 4.79 Å². The molecular weight excluding hydrogens is 344 g/mol. The van der Waals surface area contributed by atoms with Gasteiger partial charge in [0.05, 0.1) is 0 Å². The summed E-state index contributed by atoms with van der Waals surface area (Å²) in [7, 11) is 0. The number of amides is 1. The number of hydrogen-bond acceptors (Lipinski definition) is 3. The lowest BCUT2D eigenvalue weighted by Gasteiger charge is -2.13. The highest BCUT2D eigenvalue weighted by atomic mass is 32.1. The smallest absolute Gasteiger partial charge is 0.264 e. The van der Waals surface area contributed by atoms with Crippen LogP contribution in [0.5, 0.6) is 5.75 Å². The number of benzene rings is 2. The summed E-state index contributed by atoms with van der Waals surface area (Å²) in [6.45, 7) is 10.3. The number of hydrogen-bond donors (Lipinski definition) is 2. The zero-order chi connectivity index (χ0) is 19.3. The first-order valence-electron chi connectivity index (χ1n) is 8.67. The lowest BCUT2D eigenvalue weighted by Crippen LogP contribution is -2.37. The Balaban J connectivity index is 1.85. The van der Waals surface area contributed by atoms with E-state index in [1.165, 1.54) is 11.1 Å². The van der Waals surface area contributed by atoms with Crippen LogP contribution in [0.25, 0.3) is 0 Å². The van der Waals surface area contributed by atoms with Crippen molar-refractivity contribution in [1.29, 1.82) is 0 Å². The third kappa shape index (κ3) is 5.56. The van der Waals surface area contributed by atoms with Crippen molar-refractivity contribution in [1.82, 2.24) is 5.32 Å². The number of rotatable bonds is 5. The fraction of sp³-hybridized carbons (Fsp3) is 0.333. The van der Waals surface area contributed by atoms with Crippen molar-refractivity contribution >= 4 is 28.9 Å². The summed E-state index contributed by atoms with van der Waals surface area (Å²) in [4.78, 5) is 12.0. The molecule has 26 heavy (non-hydrogen) atoms. The van der Waals surface area contributed by atoms with Crippen LogP contribution in [0.1, 0.15) is 42.0 Å². The fourth-order valence-corrected chi connectivity index (χ4v) is 2.91. The summed E-state index contributed by atoms with van der Waals surface area (Å²) in [6, 6.07) is 11.8. The maximum atomic E-state index is 12.0. The molecular formula is C21H26N2O2S. The van der Waals surface area contributed by atoms with Gasteiger partial charge in [0, 0.05) is 5.69 Å². The molecule has 2 aromatic carbocycles. The normalized spacial score (nSPS) is 10.5. The van der Waals surface area contributed by atoms with Gasteiger partial charge >= 0.3 is 0 Å². The predicted molar refractivity (Wildman–Crippen MR) is 111 cm³/mol. The maximum Gasteiger partial charge on any atom is 0.264 e. The Morgan fingerprint density at radius 1 is 1.04 bits per heavy atom. The van der Waals surface area contributed by atoms with Gasteiger partial charge in [0.1, 0.15) is 5.75 Å². The van der Waals surface area contributed by atoms with Crippen molar-refractivity contribution in [2.24, 2.45) is 0 Å². The second-order valence-electron chi connectivity index (χ2n) is 6.76. The van der Waals surface area contributed by atoms with Gasteiger partial charge in [-0.1, -0.05) is 26.0 Å². The highest BCUT2D eigenvalue weighted by Crippen LogP contribution is 2.23. The topological polar surface area (TPSA) is 50.4 Å². The highest BCUT2D eigenvalue weighted by molar-refractivity contribution is 7.80. The zero-order valence-corrected chi connectivity index (χ0v) is 16.8. The Hall–Kier alpha value is -2.40. The number of ether oxygens (including phenoxy) is 1.